The summed E-state index contributed by atoms with van der Waals surface area (Å²) >= 11 is 3.06. The van der Waals surface area contributed by atoms with Gasteiger partial charge in [0, 0.05) is 6.54 Å². The Labute approximate surface area is 112 Å². The number of carbonyl (C=O) groups is 1. The molecule has 6 heteroatoms. The van der Waals surface area contributed by atoms with E-state index in [1.807, 2.05) is 6.92 Å². The molecule has 0 unspecified atom stereocenters. The van der Waals surface area contributed by atoms with Crippen LogP contribution in [-0.4, -0.2) is 20.8 Å². The van der Waals surface area contributed by atoms with Gasteiger partial charge in [0.1, 0.15) is 11.5 Å². The van der Waals surface area contributed by atoms with Crippen LogP contribution in [0.1, 0.15) is 29.4 Å². The van der Waals surface area contributed by atoms with Crippen molar-refractivity contribution >= 4 is 21.7 Å². The fourth-order valence-corrected chi connectivity index (χ4v) is 1.99. The third-order valence-corrected chi connectivity index (χ3v) is 3.09. The molecule has 0 radical (unpaired) electrons. The van der Waals surface area contributed by atoms with Crippen LogP contribution < -0.4 is 0 Å². The van der Waals surface area contributed by atoms with Gasteiger partial charge in [0.25, 0.3) is 0 Å². The van der Waals surface area contributed by atoms with Gasteiger partial charge in [-0.15, -0.1) is 5.10 Å². The average Bonchev–Trinajstić information content (AvgIpc) is 2.80. The second-order valence-electron chi connectivity index (χ2n) is 3.77. The summed E-state index contributed by atoms with van der Waals surface area (Å²) < 4.78 is 15.6. The molecule has 0 atom stereocenters. The van der Waals surface area contributed by atoms with E-state index in [-0.39, 0.29) is 10.0 Å². The highest BCUT2D eigenvalue weighted by molar-refractivity contribution is 9.10. The van der Waals surface area contributed by atoms with Crippen molar-refractivity contribution < 1.29 is 9.18 Å². The first kappa shape index (κ1) is 12.9. The minimum atomic E-state index is -0.563. The molecule has 0 bridgehead atoms. The molecule has 0 aliphatic carbocycles. The van der Waals surface area contributed by atoms with Crippen LogP contribution in [0.2, 0.25) is 0 Å². The van der Waals surface area contributed by atoms with Crippen LogP contribution in [0.15, 0.2) is 28.9 Å². The zero-order valence-corrected chi connectivity index (χ0v) is 11.3. The lowest BCUT2D eigenvalue weighted by Gasteiger charge is -2.05. The summed E-state index contributed by atoms with van der Waals surface area (Å²) in [5.74, 6) is -0.973. The van der Waals surface area contributed by atoms with E-state index in [1.54, 1.807) is 12.1 Å². The number of aromatic nitrogens is 3. The van der Waals surface area contributed by atoms with Crippen LogP contribution in [0.4, 0.5) is 4.39 Å². The van der Waals surface area contributed by atoms with Crippen molar-refractivity contribution in [3.05, 3.63) is 45.9 Å². The molecular weight excluding hydrogens is 301 g/mol. The number of nitrogens with zero attached hydrogens (tertiary/aromatic N) is 3. The predicted octanol–water partition coefficient (Wildman–Crippen LogP) is 2.82. The fourth-order valence-electron chi connectivity index (χ4n) is 1.63. The number of rotatable bonds is 4. The Kier molecular flexibility index (Phi) is 3.86. The molecule has 2 rings (SSSR count). The van der Waals surface area contributed by atoms with Crippen LogP contribution in [-0.2, 0) is 6.54 Å². The maximum absolute atomic E-state index is 13.8. The van der Waals surface area contributed by atoms with Gasteiger partial charge in [-0.25, -0.2) is 9.07 Å². The molecule has 0 aliphatic rings. The van der Waals surface area contributed by atoms with Crippen LogP contribution in [0, 0.1) is 5.82 Å². The van der Waals surface area contributed by atoms with Gasteiger partial charge in [-0.3, -0.25) is 4.79 Å². The van der Waals surface area contributed by atoms with E-state index in [0.717, 1.165) is 6.42 Å². The molecule has 94 valence electrons. The van der Waals surface area contributed by atoms with Crippen molar-refractivity contribution in [2.45, 2.75) is 19.9 Å². The number of aryl methyl sites for hydroxylation is 1. The topological polar surface area (TPSA) is 47.8 Å². The maximum Gasteiger partial charge on any atom is 0.215 e. The van der Waals surface area contributed by atoms with Crippen LogP contribution in [0.3, 0.4) is 0 Å². The van der Waals surface area contributed by atoms with E-state index in [4.69, 9.17) is 0 Å². The quantitative estimate of drug-likeness (QED) is 0.816. The van der Waals surface area contributed by atoms with E-state index in [2.05, 4.69) is 26.2 Å². The van der Waals surface area contributed by atoms with Crippen molar-refractivity contribution in [2.75, 3.05) is 0 Å². The summed E-state index contributed by atoms with van der Waals surface area (Å²) in [4.78, 5) is 12.2. The molecule has 0 N–H and O–H groups in total. The molecule has 1 heterocycles. The predicted molar refractivity (Wildman–Crippen MR) is 67.8 cm³/mol. The van der Waals surface area contributed by atoms with E-state index in [9.17, 15) is 9.18 Å². The first-order valence-electron chi connectivity index (χ1n) is 5.52. The lowest BCUT2D eigenvalue weighted by Crippen LogP contribution is -2.13. The highest BCUT2D eigenvalue weighted by Gasteiger charge is 2.19. The molecule has 4 nitrogen and oxygen atoms in total. The van der Waals surface area contributed by atoms with Gasteiger partial charge in [-0.1, -0.05) is 18.2 Å². The van der Waals surface area contributed by atoms with Gasteiger partial charge in [0.05, 0.1) is 16.2 Å². The number of hydrogen-bond acceptors (Lipinski definition) is 3. The lowest BCUT2D eigenvalue weighted by atomic mass is 10.1. The number of benzene rings is 1. The lowest BCUT2D eigenvalue weighted by molar-refractivity contribution is 0.102. The maximum atomic E-state index is 13.8. The Morgan fingerprint density at radius 2 is 2.28 bits per heavy atom. The summed E-state index contributed by atoms with van der Waals surface area (Å²) in [7, 11) is 0. The third kappa shape index (κ3) is 2.33. The van der Waals surface area contributed by atoms with Gasteiger partial charge in [-0.05, 0) is 34.5 Å². The zero-order valence-electron chi connectivity index (χ0n) is 9.73. The second kappa shape index (κ2) is 5.39. The summed E-state index contributed by atoms with van der Waals surface area (Å²) in [6, 6.07) is 4.62. The summed E-state index contributed by atoms with van der Waals surface area (Å²) in [5, 5.41) is 7.51. The summed E-state index contributed by atoms with van der Waals surface area (Å²) in [6.07, 6.45) is 2.18. The Balaban J connectivity index is 2.42. The Bertz CT molecular complexity index is 582. The highest BCUT2D eigenvalue weighted by Crippen LogP contribution is 2.20. The van der Waals surface area contributed by atoms with Crippen LogP contribution in [0.5, 0.6) is 0 Å². The summed E-state index contributed by atoms with van der Waals surface area (Å²) in [6.45, 7) is 2.55. The first-order valence-corrected chi connectivity index (χ1v) is 6.31. The fraction of sp³-hybridized carbons (Fsp3) is 0.250. The second-order valence-corrected chi connectivity index (χ2v) is 4.63. The molecule has 0 saturated carbocycles. The average molecular weight is 312 g/mol. The van der Waals surface area contributed by atoms with Crippen molar-refractivity contribution in [3.8, 4) is 0 Å². The van der Waals surface area contributed by atoms with E-state index in [1.165, 1.54) is 16.9 Å². The minimum absolute atomic E-state index is 0.0176. The molecule has 0 amide bonds. The standard InChI is InChI=1S/C12H11BrFN3O/c1-2-6-17-10(7-15-16-17)12(18)8-4-3-5-9(13)11(8)14/h3-5,7H,2,6H2,1H3. The van der Waals surface area contributed by atoms with Crippen molar-refractivity contribution in [2.24, 2.45) is 0 Å². The van der Waals surface area contributed by atoms with E-state index < -0.39 is 11.6 Å². The number of halogens is 2. The third-order valence-electron chi connectivity index (χ3n) is 2.48. The Morgan fingerprint density at radius 1 is 1.50 bits per heavy atom. The monoisotopic (exact) mass is 311 g/mol. The first-order chi connectivity index (χ1) is 8.65. The van der Waals surface area contributed by atoms with Crippen LogP contribution in [0.25, 0.3) is 0 Å². The van der Waals surface area contributed by atoms with Gasteiger partial charge < -0.3 is 0 Å². The molecule has 0 aliphatic heterocycles. The molecule has 1 aromatic carbocycles. The highest BCUT2D eigenvalue weighted by atomic mass is 79.9. The van der Waals surface area contributed by atoms with Gasteiger partial charge >= 0.3 is 0 Å². The number of carbonyl (C=O) groups excluding carboxylic acids is 1. The van der Waals surface area contributed by atoms with Gasteiger partial charge in [0.2, 0.25) is 5.78 Å². The normalized spacial score (nSPS) is 10.6. The number of ketones is 1. The molecule has 18 heavy (non-hydrogen) atoms. The molecule has 0 fully saturated rings. The Morgan fingerprint density at radius 3 is 3.00 bits per heavy atom. The number of hydrogen-bond donors (Lipinski definition) is 0. The molecule has 2 aromatic rings. The molecule has 0 saturated heterocycles. The van der Waals surface area contributed by atoms with E-state index in [0.29, 0.717) is 12.2 Å². The van der Waals surface area contributed by atoms with Crippen molar-refractivity contribution in [1.82, 2.24) is 15.0 Å². The van der Waals surface area contributed by atoms with E-state index >= 15 is 0 Å². The Hall–Kier alpha value is -1.56. The van der Waals surface area contributed by atoms with Gasteiger partial charge in [-0.2, -0.15) is 0 Å². The molecule has 1 aromatic heterocycles. The minimum Gasteiger partial charge on any atom is -0.287 e. The smallest absolute Gasteiger partial charge is 0.215 e. The largest absolute Gasteiger partial charge is 0.287 e. The molecular formula is C12H11BrFN3O. The van der Waals surface area contributed by atoms with Crippen LogP contribution >= 0.6 is 15.9 Å². The molecule has 0 spiro atoms. The summed E-state index contributed by atoms with van der Waals surface area (Å²) in [5.41, 5.74) is 0.317. The van der Waals surface area contributed by atoms with Crippen molar-refractivity contribution in [1.29, 1.82) is 0 Å². The van der Waals surface area contributed by atoms with Crippen molar-refractivity contribution in [3.63, 3.8) is 0 Å². The zero-order chi connectivity index (χ0) is 13.1. The SMILES string of the molecule is CCCn1nncc1C(=O)c1cccc(Br)c1F. The van der Waals surface area contributed by atoms with Gasteiger partial charge in [0.15, 0.2) is 0 Å².